The molecule has 3 aromatic rings. The Labute approximate surface area is 195 Å². The molecule has 158 valence electrons. The van der Waals surface area contributed by atoms with Crippen LogP contribution in [0.25, 0.3) is 0 Å². The number of carbonyl (C=O) groups is 2. The number of rotatable bonds is 5. The fourth-order valence-electron chi connectivity index (χ4n) is 2.93. The molecule has 31 heavy (non-hydrogen) atoms. The van der Waals surface area contributed by atoms with Gasteiger partial charge in [-0.2, -0.15) is 0 Å². The van der Waals surface area contributed by atoms with Crippen LogP contribution in [0.15, 0.2) is 77.3 Å². The summed E-state index contributed by atoms with van der Waals surface area (Å²) in [6, 6.07) is 22.2. The number of amides is 2. The topological polar surface area (TPSA) is 61.4 Å². The van der Waals surface area contributed by atoms with Crippen LogP contribution in [0.1, 0.15) is 31.8 Å². The lowest BCUT2D eigenvalue weighted by Crippen LogP contribution is -2.41. The minimum Gasteiger partial charge on any atom is -0.348 e. The van der Waals surface area contributed by atoms with Crippen molar-refractivity contribution in [2.24, 2.45) is 0 Å². The Kier molecular flexibility index (Phi) is 7.55. The fourth-order valence-corrected chi connectivity index (χ4v) is 3.50. The van der Waals surface area contributed by atoms with Crippen molar-refractivity contribution in [2.75, 3.05) is 11.9 Å². The molecule has 2 N–H and O–H groups in total. The number of carbonyl (C=O) groups excluding carboxylic acids is 2. The molecule has 3 aromatic carbocycles. The average Bonchev–Trinajstić information content (AvgIpc) is 2.79. The van der Waals surface area contributed by atoms with Crippen LogP contribution in [-0.2, 0) is 6.54 Å². The monoisotopic (exact) mass is 495 g/mol. The van der Waals surface area contributed by atoms with E-state index in [1.54, 1.807) is 42.3 Å². The molecule has 0 radical (unpaired) electrons. The standard InChI is InChI=1S/C24H22BrN3O2S/c1-16-12-13-18(14-20(16)25)22(29)27-24(31)28(2)21-11-7-6-10-19(21)23(30)26-15-17-8-4-3-5-9-17/h3-14H,15H2,1-2H3,(H,26,30)(H,27,29,31). The molecule has 0 aliphatic rings. The summed E-state index contributed by atoms with van der Waals surface area (Å²) < 4.78 is 0.847. The van der Waals surface area contributed by atoms with E-state index in [1.807, 2.05) is 49.4 Å². The van der Waals surface area contributed by atoms with Gasteiger partial charge >= 0.3 is 0 Å². The van der Waals surface area contributed by atoms with Gasteiger partial charge in [-0.25, -0.2) is 0 Å². The average molecular weight is 496 g/mol. The summed E-state index contributed by atoms with van der Waals surface area (Å²) in [5, 5.41) is 5.86. The molecule has 3 rings (SSSR count). The first-order valence-corrected chi connectivity index (χ1v) is 10.8. The predicted octanol–water partition coefficient (Wildman–Crippen LogP) is 4.84. The number of aryl methyl sites for hydroxylation is 1. The molecule has 0 aliphatic carbocycles. The van der Waals surface area contributed by atoms with Gasteiger partial charge in [0.15, 0.2) is 5.11 Å². The van der Waals surface area contributed by atoms with E-state index in [-0.39, 0.29) is 16.9 Å². The zero-order valence-corrected chi connectivity index (χ0v) is 19.6. The lowest BCUT2D eigenvalue weighted by molar-refractivity contribution is 0.0950. The second-order valence-electron chi connectivity index (χ2n) is 6.97. The van der Waals surface area contributed by atoms with Crippen LogP contribution in [0.5, 0.6) is 0 Å². The zero-order chi connectivity index (χ0) is 22.4. The molecule has 0 saturated carbocycles. The quantitative estimate of drug-likeness (QED) is 0.497. The second kappa shape index (κ2) is 10.3. The van der Waals surface area contributed by atoms with Crippen LogP contribution in [0, 0.1) is 6.92 Å². The Bertz CT molecular complexity index is 1120. The molecule has 0 spiro atoms. The molecule has 0 atom stereocenters. The summed E-state index contributed by atoms with van der Waals surface area (Å²) in [6.45, 7) is 2.37. The third-order valence-electron chi connectivity index (χ3n) is 4.77. The molecule has 0 fully saturated rings. The molecule has 0 aromatic heterocycles. The Morgan fingerprint density at radius 2 is 1.65 bits per heavy atom. The van der Waals surface area contributed by atoms with Crippen molar-refractivity contribution in [1.82, 2.24) is 10.6 Å². The Balaban J connectivity index is 1.71. The van der Waals surface area contributed by atoms with Gasteiger partial charge in [-0.1, -0.05) is 64.5 Å². The highest BCUT2D eigenvalue weighted by Crippen LogP contribution is 2.20. The Morgan fingerprint density at radius 3 is 2.35 bits per heavy atom. The van der Waals surface area contributed by atoms with Gasteiger partial charge in [-0.05, 0) is 54.5 Å². The second-order valence-corrected chi connectivity index (χ2v) is 8.21. The number of hydrogen-bond acceptors (Lipinski definition) is 3. The maximum absolute atomic E-state index is 12.8. The van der Waals surface area contributed by atoms with Gasteiger partial charge in [0, 0.05) is 23.6 Å². The van der Waals surface area contributed by atoms with Crippen LogP contribution in [0.2, 0.25) is 0 Å². The van der Waals surface area contributed by atoms with E-state index in [2.05, 4.69) is 26.6 Å². The fraction of sp³-hybridized carbons (Fsp3) is 0.125. The van der Waals surface area contributed by atoms with Gasteiger partial charge < -0.3 is 10.2 Å². The molecule has 2 amide bonds. The maximum atomic E-state index is 12.8. The zero-order valence-electron chi connectivity index (χ0n) is 17.2. The molecule has 7 heteroatoms. The highest BCUT2D eigenvalue weighted by Gasteiger charge is 2.18. The van der Waals surface area contributed by atoms with Crippen LogP contribution < -0.4 is 15.5 Å². The van der Waals surface area contributed by atoms with Gasteiger partial charge in [0.1, 0.15) is 0 Å². The smallest absolute Gasteiger partial charge is 0.257 e. The van der Waals surface area contributed by atoms with E-state index < -0.39 is 0 Å². The van der Waals surface area contributed by atoms with Crippen molar-refractivity contribution in [2.45, 2.75) is 13.5 Å². The number of benzene rings is 3. The van der Waals surface area contributed by atoms with Gasteiger partial charge in [-0.15, -0.1) is 0 Å². The van der Waals surface area contributed by atoms with Crippen molar-refractivity contribution in [3.8, 4) is 0 Å². The van der Waals surface area contributed by atoms with Crippen LogP contribution in [0.3, 0.4) is 0 Å². The van der Waals surface area contributed by atoms with Gasteiger partial charge in [0.25, 0.3) is 11.8 Å². The van der Waals surface area contributed by atoms with Crippen LogP contribution >= 0.6 is 28.1 Å². The molecule has 0 bridgehead atoms. The van der Waals surface area contributed by atoms with Crippen molar-refractivity contribution < 1.29 is 9.59 Å². The highest BCUT2D eigenvalue weighted by molar-refractivity contribution is 9.10. The van der Waals surface area contributed by atoms with Crippen molar-refractivity contribution >= 4 is 50.8 Å². The van der Waals surface area contributed by atoms with Gasteiger partial charge in [-0.3, -0.25) is 14.9 Å². The Morgan fingerprint density at radius 1 is 0.968 bits per heavy atom. The number of nitrogens with zero attached hydrogens (tertiary/aromatic N) is 1. The summed E-state index contributed by atoms with van der Waals surface area (Å²) in [6.07, 6.45) is 0. The lowest BCUT2D eigenvalue weighted by Gasteiger charge is -2.23. The van der Waals surface area contributed by atoms with Gasteiger partial charge in [0.2, 0.25) is 0 Å². The highest BCUT2D eigenvalue weighted by atomic mass is 79.9. The largest absolute Gasteiger partial charge is 0.348 e. The number of halogens is 1. The summed E-state index contributed by atoms with van der Waals surface area (Å²) in [4.78, 5) is 27.0. The molecular weight excluding hydrogens is 474 g/mol. The summed E-state index contributed by atoms with van der Waals surface area (Å²) >= 11 is 8.87. The van der Waals surface area contributed by atoms with Crippen LogP contribution in [-0.4, -0.2) is 24.0 Å². The van der Waals surface area contributed by atoms with E-state index in [0.29, 0.717) is 23.4 Å². The Hall–Kier alpha value is -3.03. The number of thiocarbonyl (C=S) groups is 1. The van der Waals surface area contributed by atoms with Crippen molar-refractivity contribution in [3.63, 3.8) is 0 Å². The van der Waals surface area contributed by atoms with Crippen molar-refractivity contribution in [1.29, 1.82) is 0 Å². The molecule has 0 saturated heterocycles. The molecule has 0 aliphatic heterocycles. The number of para-hydroxylation sites is 1. The first kappa shape index (κ1) is 22.7. The lowest BCUT2D eigenvalue weighted by atomic mass is 10.1. The van der Waals surface area contributed by atoms with Crippen molar-refractivity contribution in [3.05, 3.63) is 99.5 Å². The number of nitrogens with one attached hydrogen (secondary N) is 2. The first-order valence-electron chi connectivity index (χ1n) is 9.63. The maximum Gasteiger partial charge on any atom is 0.257 e. The molecule has 5 nitrogen and oxygen atoms in total. The third-order valence-corrected chi connectivity index (χ3v) is 6.00. The molecule has 0 unspecified atom stereocenters. The van der Waals surface area contributed by atoms with E-state index in [0.717, 1.165) is 15.6 Å². The van der Waals surface area contributed by atoms with E-state index in [1.165, 1.54) is 0 Å². The first-order chi connectivity index (χ1) is 14.9. The predicted molar refractivity (Wildman–Crippen MR) is 131 cm³/mol. The summed E-state index contributed by atoms with van der Waals surface area (Å²) in [7, 11) is 1.72. The molecule has 0 heterocycles. The van der Waals surface area contributed by atoms with E-state index in [9.17, 15) is 9.59 Å². The normalized spacial score (nSPS) is 10.3. The third kappa shape index (κ3) is 5.77. The van der Waals surface area contributed by atoms with Gasteiger partial charge in [0.05, 0.1) is 11.3 Å². The number of hydrogen-bond donors (Lipinski definition) is 2. The summed E-state index contributed by atoms with van der Waals surface area (Å²) in [5.74, 6) is -0.536. The van der Waals surface area contributed by atoms with E-state index >= 15 is 0 Å². The van der Waals surface area contributed by atoms with Crippen LogP contribution in [0.4, 0.5) is 5.69 Å². The summed E-state index contributed by atoms with van der Waals surface area (Å²) in [5.41, 5.74) is 3.60. The van der Waals surface area contributed by atoms with E-state index in [4.69, 9.17) is 12.2 Å². The molecular formula is C24H22BrN3O2S. The minimum absolute atomic E-state index is 0.199. The SMILES string of the molecule is Cc1ccc(C(=O)NC(=S)N(C)c2ccccc2C(=O)NCc2ccccc2)cc1Br. The minimum atomic E-state index is -0.316. The number of anilines is 1.